The summed E-state index contributed by atoms with van der Waals surface area (Å²) in [6.45, 7) is 0. The van der Waals surface area contributed by atoms with Crippen molar-refractivity contribution in [1.29, 1.82) is 5.26 Å². The minimum atomic E-state index is -1.07. The number of aromatic amines is 1. The Balaban J connectivity index is 1.97. The van der Waals surface area contributed by atoms with Crippen molar-refractivity contribution in [3.05, 3.63) is 52.6 Å². The summed E-state index contributed by atoms with van der Waals surface area (Å²) in [6.07, 6.45) is 1.35. The molecule has 118 valence electrons. The van der Waals surface area contributed by atoms with Crippen molar-refractivity contribution < 1.29 is 9.90 Å². The van der Waals surface area contributed by atoms with Crippen LogP contribution in [0.4, 0.5) is 5.69 Å². The smallest absolute Gasteiger partial charge is 0.337 e. The van der Waals surface area contributed by atoms with Crippen LogP contribution in [-0.4, -0.2) is 31.7 Å². The molecule has 2 heterocycles. The van der Waals surface area contributed by atoms with Crippen LogP contribution in [0.15, 0.2) is 41.2 Å². The van der Waals surface area contributed by atoms with Gasteiger partial charge in [0, 0.05) is 6.20 Å². The first-order valence-electron chi connectivity index (χ1n) is 6.69. The van der Waals surface area contributed by atoms with Gasteiger partial charge in [-0.25, -0.2) is 4.79 Å². The SMILES string of the molecule is N#CC(=CNc1cc(-c2ccsc2)ccc1C(=O)O)c1nn[nH]n1. The van der Waals surface area contributed by atoms with Crippen molar-refractivity contribution in [2.75, 3.05) is 5.32 Å². The highest BCUT2D eigenvalue weighted by atomic mass is 32.1. The lowest BCUT2D eigenvalue weighted by atomic mass is 10.0. The van der Waals surface area contributed by atoms with E-state index in [9.17, 15) is 9.90 Å². The molecule has 2 aromatic heterocycles. The number of carboxylic acids is 1. The number of nitriles is 1. The van der Waals surface area contributed by atoms with Crippen molar-refractivity contribution in [2.24, 2.45) is 0 Å². The maximum absolute atomic E-state index is 11.4. The van der Waals surface area contributed by atoms with Gasteiger partial charge in [-0.2, -0.15) is 21.8 Å². The molecule has 1 aromatic carbocycles. The lowest BCUT2D eigenvalue weighted by Gasteiger charge is -2.08. The predicted molar refractivity (Wildman–Crippen MR) is 88.1 cm³/mol. The van der Waals surface area contributed by atoms with E-state index in [-0.39, 0.29) is 17.0 Å². The van der Waals surface area contributed by atoms with Gasteiger partial charge in [-0.15, -0.1) is 10.2 Å². The number of aromatic carboxylic acids is 1. The third-order valence-electron chi connectivity index (χ3n) is 3.18. The molecule has 0 amide bonds. The van der Waals surface area contributed by atoms with Crippen LogP contribution < -0.4 is 5.32 Å². The molecule has 0 saturated heterocycles. The minimum absolute atomic E-state index is 0.0932. The molecule has 0 spiro atoms. The fraction of sp³-hybridized carbons (Fsp3) is 0. The quantitative estimate of drug-likeness (QED) is 0.610. The van der Waals surface area contributed by atoms with E-state index in [4.69, 9.17) is 5.26 Å². The number of allylic oxidation sites excluding steroid dienone is 1. The molecule has 0 aliphatic rings. The first-order chi connectivity index (χ1) is 11.7. The third kappa shape index (κ3) is 3.13. The fourth-order valence-corrected chi connectivity index (χ4v) is 2.70. The Bertz CT molecular complexity index is 926. The van der Waals surface area contributed by atoms with Crippen LogP contribution in [0.1, 0.15) is 16.2 Å². The second-order valence-electron chi connectivity index (χ2n) is 4.63. The van der Waals surface area contributed by atoms with Gasteiger partial charge in [-0.1, -0.05) is 6.07 Å². The van der Waals surface area contributed by atoms with Gasteiger partial charge in [0.2, 0.25) is 5.82 Å². The molecular weight excluding hydrogens is 328 g/mol. The van der Waals surface area contributed by atoms with Crippen LogP contribution in [-0.2, 0) is 0 Å². The predicted octanol–water partition coefficient (Wildman–Crippen LogP) is 2.60. The normalized spacial score (nSPS) is 11.0. The van der Waals surface area contributed by atoms with Crippen molar-refractivity contribution in [2.45, 2.75) is 0 Å². The van der Waals surface area contributed by atoms with E-state index in [1.807, 2.05) is 22.9 Å². The number of anilines is 1. The van der Waals surface area contributed by atoms with Crippen LogP contribution >= 0.6 is 11.3 Å². The van der Waals surface area contributed by atoms with Crippen LogP contribution in [0.3, 0.4) is 0 Å². The number of hydrogen-bond donors (Lipinski definition) is 3. The van der Waals surface area contributed by atoms with Crippen molar-refractivity contribution in [3.63, 3.8) is 0 Å². The molecule has 0 atom stereocenters. The average Bonchev–Trinajstić information content (AvgIpc) is 3.29. The highest BCUT2D eigenvalue weighted by Crippen LogP contribution is 2.28. The van der Waals surface area contributed by atoms with Crippen molar-refractivity contribution >= 4 is 28.6 Å². The molecule has 0 unspecified atom stereocenters. The Hall–Kier alpha value is -3.51. The molecule has 0 saturated carbocycles. The van der Waals surface area contributed by atoms with E-state index in [0.29, 0.717) is 5.69 Å². The molecule has 8 nitrogen and oxygen atoms in total. The van der Waals surface area contributed by atoms with E-state index in [1.165, 1.54) is 12.3 Å². The summed E-state index contributed by atoms with van der Waals surface area (Å²) in [4.78, 5) is 11.4. The number of aromatic nitrogens is 4. The molecule has 24 heavy (non-hydrogen) atoms. The van der Waals surface area contributed by atoms with Gasteiger partial charge >= 0.3 is 5.97 Å². The Morgan fingerprint density at radius 3 is 2.88 bits per heavy atom. The van der Waals surface area contributed by atoms with Crippen LogP contribution in [0.25, 0.3) is 16.7 Å². The summed E-state index contributed by atoms with van der Waals surface area (Å²) in [7, 11) is 0. The fourth-order valence-electron chi connectivity index (χ4n) is 2.03. The summed E-state index contributed by atoms with van der Waals surface area (Å²) in [5, 5.41) is 38.3. The zero-order valence-corrected chi connectivity index (χ0v) is 12.9. The average molecular weight is 338 g/mol. The molecular formula is C15H10N6O2S. The third-order valence-corrected chi connectivity index (χ3v) is 3.87. The molecule has 9 heteroatoms. The van der Waals surface area contributed by atoms with Crippen molar-refractivity contribution in [3.8, 4) is 17.2 Å². The first kappa shape index (κ1) is 15.4. The molecule has 3 rings (SSSR count). The van der Waals surface area contributed by atoms with Crippen LogP contribution in [0.2, 0.25) is 0 Å². The van der Waals surface area contributed by atoms with Gasteiger partial charge in [-0.3, -0.25) is 0 Å². The number of carboxylic acid groups (broad SMARTS) is 1. The van der Waals surface area contributed by atoms with E-state index in [2.05, 4.69) is 25.9 Å². The lowest BCUT2D eigenvalue weighted by molar-refractivity contribution is 0.0698. The Morgan fingerprint density at radius 2 is 2.25 bits per heavy atom. The van der Waals surface area contributed by atoms with Gasteiger partial charge in [0.25, 0.3) is 0 Å². The van der Waals surface area contributed by atoms with E-state index >= 15 is 0 Å². The van der Waals surface area contributed by atoms with Gasteiger partial charge in [0.15, 0.2) is 0 Å². The number of nitrogens with zero attached hydrogens (tertiary/aromatic N) is 4. The molecule has 0 bridgehead atoms. The van der Waals surface area contributed by atoms with Crippen LogP contribution in [0.5, 0.6) is 0 Å². The monoisotopic (exact) mass is 338 g/mol. The van der Waals surface area contributed by atoms with Gasteiger partial charge in [-0.05, 0) is 45.3 Å². The molecule has 0 fully saturated rings. The lowest BCUT2D eigenvalue weighted by Crippen LogP contribution is -2.03. The van der Waals surface area contributed by atoms with E-state index in [0.717, 1.165) is 11.1 Å². The zero-order valence-electron chi connectivity index (χ0n) is 12.1. The highest BCUT2D eigenvalue weighted by Gasteiger charge is 2.12. The summed E-state index contributed by atoms with van der Waals surface area (Å²) < 4.78 is 0. The second-order valence-corrected chi connectivity index (χ2v) is 5.41. The summed E-state index contributed by atoms with van der Waals surface area (Å²) >= 11 is 1.55. The molecule has 0 aliphatic carbocycles. The Labute approximate surface area is 140 Å². The number of hydrogen-bond acceptors (Lipinski definition) is 7. The molecule has 0 aliphatic heterocycles. The summed E-state index contributed by atoms with van der Waals surface area (Å²) in [6, 6.07) is 8.85. The van der Waals surface area contributed by atoms with Gasteiger partial charge in [0.1, 0.15) is 11.6 Å². The van der Waals surface area contributed by atoms with E-state index in [1.54, 1.807) is 23.5 Å². The number of H-pyrrole nitrogens is 1. The maximum atomic E-state index is 11.4. The molecule has 3 N–H and O–H groups in total. The minimum Gasteiger partial charge on any atom is -0.478 e. The summed E-state index contributed by atoms with van der Waals surface area (Å²) in [5.41, 5.74) is 2.44. The second kappa shape index (κ2) is 6.72. The molecule has 0 radical (unpaired) electrons. The molecule has 3 aromatic rings. The van der Waals surface area contributed by atoms with Gasteiger partial charge < -0.3 is 10.4 Å². The number of carbonyl (C=O) groups is 1. The topological polar surface area (TPSA) is 128 Å². The van der Waals surface area contributed by atoms with Gasteiger partial charge in [0.05, 0.1) is 11.3 Å². The van der Waals surface area contributed by atoms with E-state index < -0.39 is 5.97 Å². The number of rotatable bonds is 5. The zero-order chi connectivity index (χ0) is 16.9. The standard InChI is InChI=1S/C15H10N6O2S/c16-6-11(14-18-20-21-19-14)7-17-13-5-9(10-3-4-24-8-10)1-2-12(13)15(22)23/h1-5,7-8,17H,(H,22,23)(H,18,19,20,21). The van der Waals surface area contributed by atoms with Crippen LogP contribution in [0, 0.1) is 11.3 Å². The first-order valence-corrected chi connectivity index (χ1v) is 7.64. The summed E-state index contributed by atoms with van der Waals surface area (Å²) in [5.74, 6) is -0.947. The maximum Gasteiger partial charge on any atom is 0.337 e. The van der Waals surface area contributed by atoms with Crippen molar-refractivity contribution in [1.82, 2.24) is 20.6 Å². The highest BCUT2D eigenvalue weighted by molar-refractivity contribution is 7.08. The Morgan fingerprint density at radius 1 is 1.38 bits per heavy atom. The number of benzene rings is 1. The number of thiophene rings is 1. The Kier molecular flexibility index (Phi) is 4.31. The number of tetrazole rings is 1. The number of nitrogens with one attached hydrogen (secondary N) is 2. The largest absolute Gasteiger partial charge is 0.478 e.